The molecule has 0 spiro atoms. The predicted molar refractivity (Wildman–Crippen MR) is 14.0 cm³/mol. The number of hydrogen-bond donors (Lipinski definition) is 2. The van der Waals surface area contributed by atoms with E-state index in [2.05, 4.69) is 0 Å². The van der Waals surface area contributed by atoms with E-state index in [9.17, 15) is 0 Å². The molecule has 0 amide bonds. The van der Waals surface area contributed by atoms with Gasteiger partial charge in [0, 0.05) is 31.1 Å². The molecule has 6 heavy (non-hydrogen) atoms. The third-order valence-electron chi connectivity index (χ3n) is 0. The minimum Gasteiger partial charge on any atom is -0.565 e. The summed E-state index contributed by atoms with van der Waals surface area (Å²) in [7, 11) is 0. The molecule has 0 aromatic rings. The van der Waals surface area contributed by atoms with Crippen molar-refractivity contribution in [2.24, 2.45) is 0 Å². The van der Waals surface area contributed by atoms with Gasteiger partial charge in [-0.15, -0.1) is 0 Å². The van der Waals surface area contributed by atoms with Crippen LogP contribution < -0.4 is 11.3 Å². The van der Waals surface area contributed by atoms with E-state index < -0.39 is 6.16 Å². The molecule has 5 N–H and O–H groups in total. The van der Waals surface area contributed by atoms with Crippen LogP contribution in [0.4, 0.5) is 4.79 Å². The van der Waals surface area contributed by atoms with Gasteiger partial charge in [-0.3, -0.25) is 0 Å². The summed E-state index contributed by atoms with van der Waals surface area (Å²) < 4.78 is 0. The molecular formula is CH5NO3U. The first-order valence-corrected chi connectivity index (χ1v) is 0.632. The molecule has 0 heterocycles. The molecule has 0 saturated carbocycles. The van der Waals surface area contributed by atoms with Gasteiger partial charge in [0.05, 0.1) is 0 Å². The van der Waals surface area contributed by atoms with E-state index in [4.69, 9.17) is 15.0 Å². The van der Waals surface area contributed by atoms with E-state index in [-0.39, 0.29) is 37.3 Å². The number of carboxylic acid groups (broad SMARTS) is 2. The number of rotatable bonds is 0. The van der Waals surface area contributed by atoms with Crippen LogP contribution in [0.25, 0.3) is 0 Å². The summed E-state index contributed by atoms with van der Waals surface area (Å²) in [5.74, 6) is 0. The van der Waals surface area contributed by atoms with Gasteiger partial charge in [-0.05, 0) is 0 Å². The maximum absolute atomic E-state index is 8.44. The molecular weight excluding hydrogens is 312 g/mol. The average Bonchev–Trinajstić information content (AvgIpc) is 0.811. The molecule has 36 valence electrons. The van der Waals surface area contributed by atoms with Crippen LogP contribution in [0.3, 0.4) is 0 Å². The standard InChI is InChI=1S/CH2O3.H3N.U/c2-1(3)4;;/h(H2,2,3,4);1H3;. The SMILES string of the molecule is O=C([O-])O.[NH4+].[U]. The van der Waals surface area contributed by atoms with Crippen LogP contribution in [-0.4, -0.2) is 11.3 Å². The van der Waals surface area contributed by atoms with Gasteiger partial charge >= 0.3 is 0 Å². The second-order valence-corrected chi connectivity index (χ2v) is 0.266. The summed E-state index contributed by atoms with van der Waals surface area (Å²) in [6.45, 7) is 0. The van der Waals surface area contributed by atoms with Crippen LogP contribution >= 0.6 is 0 Å². The molecule has 0 bridgehead atoms. The van der Waals surface area contributed by atoms with E-state index in [0.717, 1.165) is 0 Å². The van der Waals surface area contributed by atoms with Crippen molar-refractivity contribution in [3.05, 3.63) is 0 Å². The summed E-state index contributed by atoms with van der Waals surface area (Å²) in [5, 5.41) is 15.3. The van der Waals surface area contributed by atoms with E-state index in [1.165, 1.54) is 0 Å². The predicted octanol–water partition coefficient (Wildman–Crippen LogP) is -0.736. The molecule has 0 radical (unpaired) electrons. The van der Waals surface area contributed by atoms with Crippen molar-refractivity contribution in [1.82, 2.24) is 6.15 Å². The number of carbonyl (C=O) groups is 1. The second-order valence-electron chi connectivity index (χ2n) is 0.266. The van der Waals surface area contributed by atoms with E-state index in [0.29, 0.717) is 0 Å². The van der Waals surface area contributed by atoms with Crippen molar-refractivity contribution < 1.29 is 46.1 Å². The smallest absolute Gasteiger partial charge is 0.249 e. The zero-order chi connectivity index (χ0) is 3.58. The molecule has 0 aliphatic rings. The van der Waals surface area contributed by atoms with Crippen molar-refractivity contribution >= 4 is 6.16 Å². The van der Waals surface area contributed by atoms with Crippen LogP contribution in [-0.2, 0) is 0 Å². The fraction of sp³-hybridized carbons (Fsp3) is 0. The Balaban J connectivity index is -0.0000000450. The van der Waals surface area contributed by atoms with Gasteiger partial charge in [-0.1, -0.05) is 0 Å². The van der Waals surface area contributed by atoms with Crippen molar-refractivity contribution in [1.29, 1.82) is 0 Å². The van der Waals surface area contributed by atoms with E-state index in [1.807, 2.05) is 0 Å². The van der Waals surface area contributed by atoms with E-state index in [1.54, 1.807) is 0 Å². The van der Waals surface area contributed by atoms with Crippen molar-refractivity contribution in [2.45, 2.75) is 0 Å². The molecule has 0 atom stereocenters. The van der Waals surface area contributed by atoms with Crippen LogP contribution in [0, 0.1) is 31.1 Å². The molecule has 0 unspecified atom stereocenters. The largest absolute Gasteiger partial charge is 0.565 e. The average molecular weight is 317 g/mol. The van der Waals surface area contributed by atoms with E-state index >= 15 is 0 Å². The monoisotopic (exact) mass is 317 g/mol. The fourth-order valence-electron chi connectivity index (χ4n) is 0. The van der Waals surface area contributed by atoms with Crippen molar-refractivity contribution in [2.75, 3.05) is 0 Å². The third kappa shape index (κ3) is 580. The minimum absolute atomic E-state index is 0. The Hall–Kier alpha value is 0.282. The Bertz CT molecular complexity index is 33.8. The first kappa shape index (κ1) is 16.3. The third-order valence-corrected chi connectivity index (χ3v) is 0. The van der Waals surface area contributed by atoms with Crippen LogP contribution in [0.5, 0.6) is 0 Å². The Labute approximate surface area is 58.5 Å². The molecule has 0 aliphatic carbocycles. The normalized spacial score (nSPS) is 4.00. The molecule has 0 aromatic carbocycles. The van der Waals surface area contributed by atoms with Gasteiger partial charge in [0.25, 0.3) is 0 Å². The van der Waals surface area contributed by atoms with Crippen LogP contribution in [0.2, 0.25) is 0 Å². The molecule has 0 fully saturated rings. The van der Waals surface area contributed by atoms with Crippen LogP contribution in [0.15, 0.2) is 0 Å². The fourth-order valence-corrected chi connectivity index (χ4v) is 0. The Morgan fingerprint density at radius 2 is 1.67 bits per heavy atom. The topological polar surface area (TPSA) is 96.9 Å². The van der Waals surface area contributed by atoms with Gasteiger partial charge < -0.3 is 21.2 Å². The maximum atomic E-state index is 8.44. The van der Waals surface area contributed by atoms with Gasteiger partial charge in [0.2, 0.25) is 6.16 Å². The Kier molecular flexibility index (Phi) is 24.4. The number of quaternary nitrogens is 1. The molecule has 5 heteroatoms. The zero-order valence-corrected chi connectivity index (χ0v) is 7.43. The van der Waals surface area contributed by atoms with Crippen molar-refractivity contribution in [3.8, 4) is 0 Å². The van der Waals surface area contributed by atoms with Gasteiger partial charge in [0.15, 0.2) is 0 Å². The molecule has 0 rings (SSSR count). The van der Waals surface area contributed by atoms with Crippen LogP contribution in [0.1, 0.15) is 0 Å². The molecule has 0 aromatic heterocycles. The maximum Gasteiger partial charge on any atom is 0.249 e. The number of hydrogen-bond acceptors (Lipinski definition) is 2. The Morgan fingerprint density at radius 3 is 1.67 bits per heavy atom. The molecule has 0 aliphatic heterocycles. The molecule has 4 nitrogen and oxygen atoms in total. The first-order chi connectivity index (χ1) is 1.73. The summed E-state index contributed by atoms with van der Waals surface area (Å²) >= 11 is 0. The first-order valence-electron chi connectivity index (χ1n) is 0.632. The summed E-state index contributed by atoms with van der Waals surface area (Å²) in [6, 6.07) is 0. The van der Waals surface area contributed by atoms with Gasteiger partial charge in [-0.25, -0.2) is 0 Å². The summed E-state index contributed by atoms with van der Waals surface area (Å²) in [6.07, 6.45) is -2.08. The second kappa shape index (κ2) is 8.99. The molecule has 0 saturated heterocycles. The minimum atomic E-state index is -2.08. The summed E-state index contributed by atoms with van der Waals surface area (Å²) in [5.41, 5.74) is 0. The van der Waals surface area contributed by atoms with Gasteiger partial charge in [0.1, 0.15) is 0 Å². The van der Waals surface area contributed by atoms with Gasteiger partial charge in [-0.2, -0.15) is 0 Å². The Morgan fingerprint density at radius 1 is 1.67 bits per heavy atom. The zero-order valence-electron chi connectivity index (χ0n) is 3.26. The van der Waals surface area contributed by atoms with Crippen molar-refractivity contribution in [3.63, 3.8) is 0 Å². The quantitative estimate of drug-likeness (QED) is 0.616. The summed E-state index contributed by atoms with van der Waals surface area (Å²) in [4.78, 5) is 8.44.